The second-order valence-electron chi connectivity index (χ2n) is 9.24. The lowest BCUT2D eigenvalue weighted by molar-refractivity contribution is -0.384. The molecule has 3 aromatic rings. The Morgan fingerprint density at radius 1 is 0.973 bits per heavy atom. The van der Waals surface area contributed by atoms with Crippen molar-refractivity contribution in [2.75, 3.05) is 5.32 Å². The summed E-state index contributed by atoms with van der Waals surface area (Å²) in [6.45, 7) is 1.78. The molecule has 0 unspecified atom stereocenters. The lowest BCUT2D eigenvalue weighted by atomic mass is 9.71. The molecule has 37 heavy (non-hydrogen) atoms. The molecule has 1 amide bonds. The van der Waals surface area contributed by atoms with Crippen LogP contribution in [0.5, 0.6) is 0 Å². The van der Waals surface area contributed by atoms with Gasteiger partial charge in [-0.1, -0.05) is 42.5 Å². The molecule has 2 N–H and O–H groups in total. The van der Waals surface area contributed by atoms with Crippen LogP contribution in [0.1, 0.15) is 42.7 Å². The second-order valence-corrected chi connectivity index (χ2v) is 9.24. The van der Waals surface area contributed by atoms with E-state index >= 15 is 0 Å². The van der Waals surface area contributed by atoms with Crippen molar-refractivity contribution in [3.05, 3.63) is 128 Å². The number of carbonyl (C=O) groups excluding carboxylic acids is 2. The number of Topliss-reactive ketones (excluding diaryl/α,β-unsaturated/α-hetero) is 1. The summed E-state index contributed by atoms with van der Waals surface area (Å²) in [6.07, 6.45) is 0.888. The summed E-state index contributed by atoms with van der Waals surface area (Å²) in [5.41, 5.74) is 4.18. The van der Waals surface area contributed by atoms with Crippen LogP contribution in [0.3, 0.4) is 0 Å². The van der Waals surface area contributed by atoms with E-state index in [9.17, 15) is 24.1 Å². The number of rotatable bonds is 5. The maximum absolute atomic E-state index is 13.6. The molecular formula is C29H24FN3O4. The minimum absolute atomic E-state index is 0.000137. The van der Waals surface area contributed by atoms with Crippen molar-refractivity contribution in [1.82, 2.24) is 5.32 Å². The van der Waals surface area contributed by atoms with Gasteiger partial charge < -0.3 is 10.6 Å². The number of anilines is 1. The van der Waals surface area contributed by atoms with Gasteiger partial charge in [0.15, 0.2) is 5.78 Å². The molecule has 0 bridgehead atoms. The van der Waals surface area contributed by atoms with Crippen molar-refractivity contribution < 1.29 is 18.9 Å². The van der Waals surface area contributed by atoms with Gasteiger partial charge in [0.05, 0.1) is 4.92 Å². The minimum Gasteiger partial charge on any atom is -0.362 e. The first-order chi connectivity index (χ1) is 17.8. The fraction of sp³-hybridized carbons (Fsp3) is 0.172. The Bertz CT molecular complexity index is 1440. The van der Waals surface area contributed by atoms with Gasteiger partial charge >= 0.3 is 0 Å². The lowest BCUT2D eigenvalue weighted by Crippen LogP contribution is -2.37. The van der Waals surface area contributed by atoms with Crippen molar-refractivity contribution in [1.29, 1.82) is 0 Å². The third-order valence-electron chi connectivity index (χ3n) is 6.88. The predicted octanol–water partition coefficient (Wildman–Crippen LogP) is 5.73. The van der Waals surface area contributed by atoms with E-state index in [0.717, 1.165) is 11.3 Å². The third-order valence-corrected chi connectivity index (χ3v) is 6.88. The summed E-state index contributed by atoms with van der Waals surface area (Å²) in [6, 6.07) is 21.2. The standard InChI is InChI=1S/C29H24FN3O4/c1-17-26(29(35)32-22-11-9-21(30)10-12-22)27(19-7-13-23(14-8-19)33(36)37)28-24(31-17)15-20(16-25(28)34)18-5-3-2-4-6-18/h2-14,20,27,31H,15-16H2,1H3,(H,32,35)/t20-,27+/m0/s1. The van der Waals surface area contributed by atoms with Crippen LogP contribution >= 0.6 is 0 Å². The number of nitrogens with zero attached hydrogens (tertiary/aromatic N) is 1. The Kier molecular flexibility index (Phi) is 6.40. The molecule has 2 atom stereocenters. The molecule has 1 aliphatic carbocycles. The summed E-state index contributed by atoms with van der Waals surface area (Å²) in [7, 11) is 0. The van der Waals surface area contributed by atoms with Crippen LogP contribution in [0.25, 0.3) is 0 Å². The van der Waals surface area contributed by atoms with Crippen LogP contribution in [0.2, 0.25) is 0 Å². The van der Waals surface area contributed by atoms with Crippen LogP contribution < -0.4 is 10.6 Å². The van der Waals surface area contributed by atoms with Crippen LogP contribution in [0, 0.1) is 15.9 Å². The summed E-state index contributed by atoms with van der Waals surface area (Å²) in [5.74, 6) is -1.65. The number of nitrogens with one attached hydrogen (secondary N) is 2. The van der Waals surface area contributed by atoms with Gasteiger partial charge in [-0.3, -0.25) is 19.7 Å². The smallest absolute Gasteiger partial charge is 0.269 e. The molecule has 0 aromatic heterocycles. The number of dihydropyridines is 1. The Morgan fingerprint density at radius 3 is 2.30 bits per heavy atom. The van der Waals surface area contributed by atoms with Gasteiger partial charge in [0.2, 0.25) is 0 Å². The van der Waals surface area contributed by atoms with Crippen LogP contribution in [0.15, 0.2) is 101 Å². The summed E-state index contributed by atoms with van der Waals surface area (Å²) in [5, 5.41) is 17.3. The highest BCUT2D eigenvalue weighted by Gasteiger charge is 2.41. The van der Waals surface area contributed by atoms with E-state index in [2.05, 4.69) is 10.6 Å². The number of halogens is 1. The van der Waals surface area contributed by atoms with Gasteiger partial charge in [0.25, 0.3) is 11.6 Å². The maximum atomic E-state index is 13.6. The Labute approximate surface area is 212 Å². The number of allylic oxidation sites excluding steroid dienone is 3. The number of benzene rings is 3. The largest absolute Gasteiger partial charge is 0.362 e. The van der Waals surface area contributed by atoms with Gasteiger partial charge in [-0.25, -0.2) is 4.39 Å². The maximum Gasteiger partial charge on any atom is 0.269 e. The lowest BCUT2D eigenvalue weighted by Gasteiger charge is -2.37. The van der Waals surface area contributed by atoms with Crippen LogP contribution in [0.4, 0.5) is 15.8 Å². The molecule has 0 fully saturated rings. The van der Waals surface area contributed by atoms with Gasteiger partial charge in [0, 0.05) is 52.7 Å². The minimum atomic E-state index is -0.707. The molecule has 3 aromatic carbocycles. The molecule has 0 spiro atoms. The van der Waals surface area contributed by atoms with E-state index < -0.39 is 22.6 Å². The molecule has 8 heteroatoms. The number of hydrogen-bond donors (Lipinski definition) is 2. The molecule has 0 saturated carbocycles. The first kappa shape index (κ1) is 24.1. The van der Waals surface area contributed by atoms with Crippen LogP contribution in [-0.4, -0.2) is 16.6 Å². The van der Waals surface area contributed by atoms with E-state index in [4.69, 9.17) is 0 Å². The zero-order chi connectivity index (χ0) is 26.1. The number of hydrogen-bond acceptors (Lipinski definition) is 5. The molecule has 7 nitrogen and oxygen atoms in total. The molecular weight excluding hydrogens is 473 g/mol. The normalized spacial score (nSPS) is 19.2. The zero-order valence-electron chi connectivity index (χ0n) is 20.0. The molecule has 5 rings (SSSR count). The van der Waals surface area contributed by atoms with Crippen molar-refractivity contribution in [2.24, 2.45) is 0 Å². The molecule has 0 saturated heterocycles. The Morgan fingerprint density at radius 2 is 1.65 bits per heavy atom. The first-order valence-corrected chi connectivity index (χ1v) is 11.9. The van der Waals surface area contributed by atoms with Crippen LogP contribution in [-0.2, 0) is 9.59 Å². The van der Waals surface area contributed by atoms with Crippen molar-refractivity contribution >= 4 is 23.1 Å². The quantitative estimate of drug-likeness (QED) is 0.346. The predicted molar refractivity (Wildman–Crippen MR) is 137 cm³/mol. The molecule has 1 aliphatic heterocycles. The Hall–Kier alpha value is -4.59. The molecule has 1 heterocycles. The number of ketones is 1. The number of nitro benzene ring substituents is 1. The highest BCUT2D eigenvalue weighted by molar-refractivity contribution is 6.10. The fourth-order valence-electron chi connectivity index (χ4n) is 5.15. The number of nitro groups is 1. The van der Waals surface area contributed by atoms with Crippen molar-refractivity contribution in [2.45, 2.75) is 31.6 Å². The average Bonchev–Trinajstić information content (AvgIpc) is 2.89. The topological polar surface area (TPSA) is 101 Å². The average molecular weight is 498 g/mol. The zero-order valence-corrected chi connectivity index (χ0v) is 20.0. The van der Waals surface area contributed by atoms with Gasteiger partial charge in [-0.15, -0.1) is 0 Å². The Balaban J connectivity index is 1.56. The van der Waals surface area contributed by atoms with Gasteiger partial charge in [0.1, 0.15) is 5.82 Å². The summed E-state index contributed by atoms with van der Waals surface area (Å²) in [4.78, 5) is 37.9. The highest BCUT2D eigenvalue weighted by Crippen LogP contribution is 2.45. The summed E-state index contributed by atoms with van der Waals surface area (Å²) < 4.78 is 13.4. The second kappa shape index (κ2) is 9.81. The number of amides is 1. The number of carbonyl (C=O) groups is 2. The molecule has 2 aliphatic rings. The van der Waals surface area contributed by atoms with E-state index in [1.165, 1.54) is 36.4 Å². The van der Waals surface area contributed by atoms with Crippen molar-refractivity contribution in [3.8, 4) is 0 Å². The van der Waals surface area contributed by atoms with E-state index in [0.29, 0.717) is 40.9 Å². The summed E-state index contributed by atoms with van der Waals surface area (Å²) >= 11 is 0. The van der Waals surface area contributed by atoms with E-state index in [1.54, 1.807) is 19.1 Å². The molecule has 0 radical (unpaired) electrons. The highest BCUT2D eigenvalue weighted by atomic mass is 19.1. The van der Waals surface area contributed by atoms with Gasteiger partial charge in [-0.2, -0.15) is 0 Å². The van der Waals surface area contributed by atoms with E-state index in [1.807, 2.05) is 30.3 Å². The molecule has 186 valence electrons. The fourth-order valence-corrected chi connectivity index (χ4v) is 5.15. The van der Waals surface area contributed by atoms with Gasteiger partial charge in [-0.05, 0) is 54.7 Å². The van der Waals surface area contributed by atoms with E-state index in [-0.39, 0.29) is 17.4 Å². The van der Waals surface area contributed by atoms with Crippen molar-refractivity contribution in [3.63, 3.8) is 0 Å². The monoisotopic (exact) mass is 497 g/mol. The third kappa shape index (κ3) is 4.78. The first-order valence-electron chi connectivity index (χ1n) is 11.9. The SMILES string of the molecule is CC1=C(C(=O)Nc2ccc(F)cc2)[C@@H](c2ccc([N+](=O)[O-])cc2)C2=C(C[C@H](c3ccccc3)CC2=O)N1. The number of non-ortho nitro benzene ring substituents is 1.